The Kier molecular flexibility index (Phi) is 25.8. The summed E-state index contributed by atoms with van der Waals surface area (Å²) >= 11 is 11.6. The maximum Gasteiger partial charge on any atom is 0.319 e. The number of anilines is 1. The molecule has 9 amide bonds. The van der Waals surface area contributed by atoms with Crippen molar-refractivity contribution in [2.24, 2.45) is 22.3 Å². The normalized spacial score (nSPS) is 10.6. The van der Waals surface area contributed by atoms with Crippen molar-refractivity contribution in [3.8, 4) is 0 Å². The average molecular weight is 1260 g/mol. The smallest absolute Gasteiger partial charge is 0.319 e. The highest BCUT2D eigenvalue weighted by atomic mass is 35.5. The summed E-state index contributed by atoms with van der Waals surface area (Å²) in [6.07, 6.45) is 0. The Balaban J connectivity index is 0.000000287. The molecule has 0 radical (unpaired) electrons. The molecule has 0 saturated carbocycles. The highest BCUT2D eigenvalue weighted by Crippen LogP contribution is 2.25. The average Bonchev–Trinajstić information content (AvgIpc) is 1.78. The molecule has 466 valence electrons. The fourth-order valence-electron chi connectivity index (χ4n) is 8.57. The third-order valence-electron chi connectivity index (χ3n) is 13.1. The third kappa shape index (κ3) is 19.4. The second kappa shape index (κ2) is 33.0. The van der Waals surface area contributed by atoms with Crippen molar-refractivity contribution < 1.29 is 47.1 Å². The number of urea groups is 1. The number of nitrogens with one attached hydrogen (secondary N) is 4. The number of hydrogen-bond donors (Lipinski definition) is 7. The van der Waals surface area contributed by atoms with Crippen LogP contribution in [0.3, 0.4) is 0 Å². The second-order valence-corrected chi connectivity index (χ2v) is 20.7. The minimum atomic E-state index is -0.891. The zero-order chi connectivity index (χ0) is 64.2. The summed E-state index contributed by atoms with van der Waals surface area (Å²) in [6.45, 7) is 6.44. The van der Waals surface area contributed by atoms with Crippen LogP contribution in [0.25, 0.3) is 32.2 Å². The Hall–Kier alpha value is -10.3. The lowest BCUT2D eigenvalue weighted by Crippen LogP contribution is -2.45. The molecule has 10 N–H and O–H groups in total. The van der Waals surface area contributed by atoms with Crippen LogP contribution in [0.4, 0.5) is 19.3 Å². The van der Waals surface area contributed by atoms with E-state index >= 15 is 0 Å². The van der Waals surface area contributed by atoms with E-state index in [0.29, 0.717) is 35.2 Å². The van der Waals surface area contributed by atoms with Gasteiger partial charge in [-0.15, -0.1) is 0 Å². The molecule has 8 rings (SSSR count). The SMILES string of the molecule is C.CC(C)N(CC(=O)NCc1cccc(Cl)c1F)C(=O)Cn1nc(C(N)=O)c2cc(C(=O)N=[N+]=[N-])ccc21.CC(C)N(CC(=O)NCc1cccc(Cl)c1F)C(=O)Cn1nc(C(N)=O)c2cc(NC(=O)NCc3ccccc3)ccc21.NCc1ccccc1. The van der Waals surface area contributed by atoms with Gasteiger partial charge in [-0.1, -0.05) is 116 Å². The van der Waals surface area contributed by atoms with Gasteiger partial charge >= 0.3 is 6.03 Å². The quantitative estimate of drug-likeness (QED) is 0.0203. The van der Waals surface area contributed by atoms with Gasteiger partial charge in [-0.2, -0.15) is 10.2 Å². The van der Waals surface area contributed by atoms with E-state index < -0.39 is 59.0 Å². The van der Waals surface area contributed by atoms with E-state index in [4.69, 9.17) is 45.9 Å². The molecule has 2 heterocycles. The van der Waals surface area contributed by atoms with E-state index in [-0.39, 0.29) is 102 Å². The number of fused-ring (bicyclic) bond motifs is 2. The highest BCUT2D eigenvalue weighted by molar-refractivity contribution is 6.31. The van der Waals surface area contributed by atoms with Gasteiger partial charge in [0, 0.05) is 76.3 Å². The third-order valence-corrected chi connectivity index (χ3v) is 13.7. The lowest BCUT2D eigenvalue weighted by atomic mass is 10.1. The molecule has 8 aromatic rings. The molecule has 28 heteroatoms. The van der Waals surface area contributed by atoms with Gasteiger partial charge in [0.15, 0.2) is 11.4 Å². The zero-order valence-corrected chi connectivity index (χ0v) is 49.6. The predicted octanol–water partition coefficient (Wildman–Crippen LogP) is 8.52. The van der Waals surface area contributed by atoms with Crippen molar-refractivity contribution in [3.05, 3.63) is 205 Å². The van der Waals surface area contributed by atoms with Gasteiger partial charge in [0.05, 0.1) is 34.2 Å². The number of aromatic nitrogens is 4. The molecule has 0 aliphatic heterocycles. The molecule has 0 spiro atoms. The molecule has 2 aromatic heterocycles. The van der Waals surface area contributed by atoms with Crippen molar-refractivity contribution in [2.45, 2.75) is 86.5 Å². The summed E-state index contributed by atoms with van der Waals surface area (Å²) in [7, 11) is 0. The number of hydrogen-bond acceptors (Lipinski definition) is 11. The van der Waals surface area contributed by atoms with Gasteiger partial charge in [0.1, 0.15) is 24.7 Å². The molecule has 0 saturated heterocycles. The maximum atomic E-state index is 14.2. The summed E-state index contributed by atoms with van der Waals surface area (Å²) in [5.41, 5.74) is 28.2. The molecule has 0 fully saturated rings. The van der Waals surface area contributed by atoms with Crippen LogP contribution in [0.1, 0.15) is 88.7 Å². The van der Waals surface area contributed by atoms with E-state index in [9.17, 15) is 47.1 Å². The van der Waals surface area contributed by atoms with Crippen LogP contribution >= 0.6 is 23.2 Å². The minimum Gasteiger partial charge on any atom is -0.364 e. The van der Waals surface area contributed by atoms with Crippen molar-refractivity contribution in [1.82, 2.24) is 45.3 Å². The lowest BCUT2D eigenvalue weighted by molar-refractivity contribution is -0.138. The number of nitrogens with two attached hydrogens (primary N) is 3. The first-order valence-electron chi connectivity index (χ1n) is 27.0. The number of carbonyl (C=O) groups excluding carboxylic acids is 8. The predicted molar refractivity (Wildman–Crippen MR) is 334 cm³/mol. The van der Waals surface area contributed by atoms with Gasteiger partial charge in [0.2, 0.25) is 29.5 Å². The van der Waals surface area contributed by atoms with Crippen LogP contribution in [-0.2, 0) is 58.4 Å². The molecule has 0 atom stereocenters. The molecule has 24 nitrogen and oxygen atoms in total. The number of rotatable bonds is 21. The minimum absolute atomic E-state index is 0. The van der Waals surface area contributed by atoms with Gasteiger partial charge in [0.25, 0.3) is 11.8 Å². The number of primary amides is 2. The van der Waals surface area contributed by atoms with Crippen molar-refractivity contribution in [2.75, 3.05) is 18.4 Å². The summed E-state index contributed by atoms with van der Waals surface area (Å²) in [6, 6.07) is 36.0. The van der Waals surface area contributed by atoms with Crippen LogP contribution in [-0.4, -0.2) is 102 Å². The Morgan fingerprint density at radius 3 is 1.48 bits per heavy atom. The Labute approximate surface area is 520 Å². The summed E-state index contributed by atoms with van der Waals surface area (Å²) in [5.74, 6) is -5.77. The second-order valence-electron chi connectivity index (χ2n) is 19.9. The number of nitrogens with zero attached hydrogens (tertiary/aromatic N) is 9. The van der Waals surface area contributed by atoms with Gasteiger partial charge in [-0.25, -0.2) is 13.6 Å². The molecule has 0 bridgehead atoms. The van der Waals surface area contributed by atoms with Gasteiger partial charge in [-0.3, -0.25) is 42.9 Å². The summed E-state index contributed by atoms with van der Waals surface area (Å²) in [5, 5.41) is 22.4. The van der Waals surface area contributed by atoms with Crippen LogP contribution in [0.15, 0.2) is 139 Å². The van der Waals surface area contributed by atoms with Crippen LogP contribution < -0.4 is 38.5 Å². The van der Waals surface area contributed by atoms with Gasteiger partial charge < -0.3 is 48.3 Å². The van der Waals surface area contributed by atoms with Crippen molar-refractivity contribution in [3.63, 3.8) is 0 Å². The molecule has 0 aliphatic carbocycles. The first-order valence-corrected chi connectivity index (χ1v) is 27.8. The number of carbonyl (C=O) groups is 8. The highest BCUT2D eigenvalue weighted by Gasteiger charge is 2.26. The fourth-order valence-corrected chi connectivity index (χ4v) is 8.96. The number of benzene rings is 6. The fraction of sp³-hybridized carbons (Fsp3) is 0.246. The Bertz CT molecular complexity index is 3920. The Morgan fingerprint density at radius 2 is 1.06 bits per heavy atom. The van der Waals surface area contributed by atoms with E-state index in [1.807, 2.05) is 60.7 Å². The molecule has 89 heavy (non-hydrogen) atoms. The molecule has 6 aromatic carbocycles. The first-order chi connectivity index (χ1) is 42.0. The Morgan fingerprint density at radius 1 is 0.607 bits per heavy atom. The van der Waals surface area contributed by atoms with Crippen molar-refractivity contribution >= 4 is 98.1 Å². The zero-order valence-electron chi connectivity index (χ0n) is 48.0. The maximum absolute atomic E-state index is 14.2. The lowest BCUT2D eigenvalue weighted by Gasteiger charge is -2.26. The van der Waals surface area contributed by atoms with Crippen LogP contribution in [0, 0.1) is 11.6 Å². The van der Waals surface area contributed by atoms with E-state index in [0.717, 1.165) is 5.56 Å². The number of azide groups is 1. The van der Waals surface area contributed by atoms with Crippen LogP contribution in [0.5, 0.6) is 0 Å². The van der Waals surface area contributed by atoms with E-state index in [1.54, 1.807) is 58.0 Å². The topological polar surface area (TPSA) is 354 Å². The number of halogens is 4. The monoisotopic (exact) mass is 1260 g/mol. The van der Waals surface area contributed by atoms with Gasteiger partial charge in [-0.05, 0) is 98.0 Å². The molecule has 0 aliphatic rings. The number of amides is 9. The van der Waals surface area contributed by atoms with E-state index in [1.165, 1.54) is 67.2 Å². The largest absolute Gasteiger partial charge is 0.364 e. The summed E-state index contributed by atoms with van der Waals surface area (Å²) < 4.78 is 30.8. The standard InChI is InChI=1S/C30H31ClFN7O4.C23H22ClFN8O4.C7H9N.CH4/c1-18(2)38(16-25(40)34-15-20-9-6-10-23(31)27(20)32)26(41)17-39-24-12-11-21(13-22(24)28(37-39)29(33)42)36-30(43)35-14-19-7-4-3-5-8-19;1-12(2)32(10-18(34)28-9-14-4-3-5-16(24)20(14)25)19(35)11-33-17-7-6-13(23(37)29-31-27)8-15(17)21(30-33)22(26)36;8-6-7-4-2-1-3-5-7;/h3-13,18H,14-17H2,1-2H3,(H2,33,42)(H,34,40)(H2,35,36,43);3-8,12H,9-11H2,1-2H3,(H2,26,36)(H,28,34);1-5H,6,8H2;1H4. The molecular weight excluding hydrogens is 1190 g/mol. The van der Waals surface area contributed by atoms with Crippen LogP contribution in [0.2, 0.25) is 10.0 Å². The van der Waals surface area contributed by atoms with Crippen molar-refractivity contribution in [1.29, 1.82) is 0 Å². The molecule has 0 unspecified atom stereocenters. The summed E-state index contributed by atoms with van der Waals surface area (Å²) in [4.78, 5) is 105. The van der Waals surface area contributed by atoms with E-state index in [2.05, 4.69) is 41.5 Å². The first kappa shape index (κ1) is 69.5. The molecular formula is C61H66Cl2F2N16O8.